The van der Waals surface area contributed by atoms with E-state index in [1.807, 2.05) is 45.0 Å². The minimum atomic E-state index is -0.403. The monoisotopic (exact) mass is 254 g/mol. The normalized spacial score (nSPS) is 11.3. The summed E-state index contributed by atoms with van der Waals surface area (Å²) >= 11 is 5.71. The Labute approximate surface area is 108 Å². The lowest BCUT2D eigenvalue weighted by atomic mass is 10.1. The molecule has 0 aliphatic heterocycles. The van der Waals surface area contributed by atoms with Crippen molar-refractivity contribution >= 4 is 17.6 Å². The molecule has 1 rings (SSSR count). The lowest BCUT2D eigenvalue weighted by Crippen LogP contribution is -2.23. The van der Waals surface area contributed by atoms with Crippen molar-refractivity contribution < 1.29 is 9.53 Å². The molecule has 3 heteroatoms. The second-order valence-electron chi connectivity index (χ2n) is 5.04. The van der Waals surface area contributed by atoms with E-state index in [1.54, 1.807) is 0 Å². The molecule has 94 valence electrons. The van der Waals surface area contributed by atoms with E-state index < -0.39 is 5.60 Å². The van der Waals surface area contributed by atoms with E-state index in [4.69, 9.17) is 16.3 Å². The molecule has 2 nitrogen and oxygen atoms in total. The van der Waals surface area contributed by atoms with Crippen molar-refractivity contribution in [2.24, 2.45) is 0 Å². The maximum Gasteiger partial charge on any atom is 0.306 e. The van der Waals surface area contributed by atoms with Gasteiger partial charge >= 0.3 is 5.97 Å². The van der Waals surface area contributed by atoms with Gasteiger partial charge in [-0.25, -0.2) is 0 Å². The van der Waals surface area contributed by atoms with Crippen molar-refractivity contribution in [2.75, 3.05) is 0 Å². The molecule has 0 radical (unpaired) electrons. The van der Waals surface area contributed by atoms with Crippen LogP contribution < -0.4 is 0 Å². The van der Waals surface area contributed by atoms with Gasteiger partial charge < -0.3 is 4.74 Å². The SMILES string of the molecule is CC(C)(C)OC(=O)CCc1ccc(CCl)cc1. The highest BCUT2D eigenvalue weighted by molar-refractivity contribution is 6.17. The Balaban J connectivity index is 2.42. The van der Waals surface area contributed by atoms with Crippen molar-refractivity contribution in [3.63, 3.8) is 0 Å². The first-order valence-electron chi connectivity index (χ1n) is 5.76. The molecular formula is C14H19ClO2. The number of hydrogen-bond acceptors (Lipinski definition) is 2. The Bertz CT molecular complexity index is 363. The molecule has 0 fully saturated rings. The number of esters is 1. The first kappa shape index (κ1) is 14.0. The van der Waals surface area contributed by atoms with E-state index in [9.17, 15) is 4.79 Å². The van der Waals surface area contributed by atoms with E-state index >= 15 is 0 Å². The van der Waals surface area contributed by atoms with Gasteiger partial charge in [-0.2, -0.15) is 0 Å². The summed E-state index contributed by atoms with van der Waals surface area (Å²) in [6, 6.07) is 7.97. The van der Waals surface area contributed by atoms with Gasteiger partial charge in [0.2, 0.25) is 0 Å². The van der Waals surface area contributed by atoms with Crippen LogP contribution in [0.4, 0.5) is 0 Å². The summed E-state index contributed by atoms with van der Waals surface area (Å²) in [5, 5.41) is 0. The third-order valence-corrected chi connectivity index (χ3v) is 2.52. The number of halogens is 1. The van der Waals surface area contributed by atoms with Crippen molar-refractivity contribution in [3.8, 4) is 0 Å². The van der Waals surface area contributed by atoms with E-state index in [-0.39, 0.29) is 5.97 Å². The number of carbonyl (C=O) groups excluding carboxylic acids is 1. The Morgan fingerprint density at radius 1 is 1.18 bits per heavy atom. The number of ether oxygens (including phenoxy) is 1. The number of alkyl halides is 1. The zero-order valence-electron chi connectivity index (χ0n) is 10.6. The zero-order valence-corrected chi connectivity index (χ0v) is 11.4. The number of benzene rings is 1. The highest BCUT2D eigenvalue weighted by Crippen LogP contribution is 2.12. The Morgan fingerprint density at radius 2 is 1.71 bits per heavy atom. The number of hydrogen-bond donors (Lipinski definition) is 0. The fraction of sp³-hybridized carbons (Fsp3) is 0.500. The third-order valence-electron chi connectivity index (χ3n) is 2.22. The van der Waals surface area contributed by atoms with Gasteiger partial charge in [0, 0.05) is 12.3 Å². The van der Waals surface area contributed by atoms with E-state index in [0.29, 0.717) is 18.7 Å². The predicted octanol–water partition coefficient (Wildman–Crippen LogP) is 3.70. The lowest BCUT2D eigenvalue weighted by molar-refractivity contribution is -0.154. The average Bonchev–Trinajstić information content (AvgIpc) is 2.25. The molecule has 0 unspecified atom stereocenters. The highest BCUT2D eigenvalue weighted by atomic mass is 35.5. The quantitative estimate of drug-likeness (QED) is 0.605. The molecule has 0 heterocycles. The molecule has 0 aliphatic carbocycles. The van der Waals surface area contributed by atoms with E-state index in [2.05, 4.69) is 0 Å². The zero-order chi connectivity index (χ0) is 12.9. The lowest BCUT2D eigenvalue weighted by Gasteiger charge is -2.19. The van der Waals surface area contributed by atoms with Crippen molar-refractivity contribution in [1.82, 2.24) is 0 Å². The molecule has 1 aromatic carbocycles. The Hall–Kier alpha value is -1.02. The van der Waals surface area contributed by atoms with Gasteiger partial charge in [-0.15, -0.1) is 11.6 Å². The Kier molecular flexibility index (Phi) is 5.01. The first-order valence-corrected chi connectivity index (χ1v) is 6.30. The maximum absolute atomic E-state index is 11.5. The van der Waals surface area contributed by atoms with Crippen LogP contribution in [0.1, 0.15) is 38.3 Å². The smallest absolute Gasteiger partial charge is 0.306 e. The van der Waals surface area contributed by atoms with Crippen LogP contribution >= 0.6 is 11.6 Å². The van der Waals surface area contributed by atoms with Gasteiger partial charge in [0.15, 0.2) is 0 Å². The molecule has 0 aromatic heterocycles. The molecule has 0 atom stereocenters. The first-order chi connectivity index (χ1) is 7.90. The molecule has 17 heavy (non-hydrogen) atoms. The van der Waals surface area contributed by atoms with Crippen LogP contribution in [0.5, 0.6) is 0 Å². The van der Waals surface area contributed by atoms with Crippen LogP contribution in [-0.2, 0) is 21.8 Å². The minimum absolute atomic E-state index is 0.154. The molecule has 0 bridgehead atoms. The topological polar surface area (TPSA) is 26.3 Å². The fourth-order valence-corrected chi connectivity index (χ4v) is 1.61. The van der Waals surface area contributed by atoms with E-state index in [0.717, 1.165) is 11.1 Å². The second-order valence-corrected chi connectivity index (χ2v) is 5.30. The van der Waals surface area contributed by atoms with Crippen molar-refractivity contribution in [2.45, 2.75) is 45.1 Å². The Morgan fingerprint density at radius 3 is 2.18 bits per heavy atom. The predicted molar refractivity (Wildman–Crippen MR) is 70.2 cm³/mol. The van der Waals surface area contributed by atoms with Gasteiger partial charge in [-0.05, 0) is 38.3 Å². The van der Waals surface area contributed by atoms with E-state index in [1.165, 1.54) is 0 Å². The molecule has 0 N–H and O–H groups in total. The number of aryl methyl sites for hydroxylation is 1. The highest BCUT2D eigenvalue weighted by Gasteiger charge is 2.15. The summed E-state index contributed by atoms with van der Waals surface area (Å²) in [6.07, 6.45) is 1.12. The maximum atomic E-state index is 11.5. The van der Waals surface area contributed by atoms with Gasteiger partial charge in [-0.3, -0.25) is 4.79 Å². The van der Waals surface area contributed by atoms with Crippen LogP contribution in [-0.4, -0.2) is 11.6 Å². The summed E-state index contributed by atoms with van der Waals surface area (Å²) in [6.45, 7) is 5.63. The molecular weight excluding hydrogens is 236 g/mol. The van der Waals surface area contributed by atoms with Gasteiger partial charge in [-0.1, -0.05) is 24.3 Å². The summed E-state index contributed by atoms with van der Waals surface area (Å²) in [5.41, 5.74) is 1.82. The summed E-state index contributed by atoms with van der Waals surface area (Å²) in [4.78, 5) is 11.5. The summed E-state index contributed by atoms with van der Waals surface area (Å²) in [5.74, 6) is 0.366. The van der Waals surface area contributed by atoms with Gasteiger partial charge in [0.25, 0.3) is 0 Å². The van der Waals surface area contributed by atoms with Crippen molar-refractivity contribution in [1.29, 1.82) is 0 Å². The van der Waals surface area contributed by atoms with Crippen LogP contribution in [0.3, 0.4) is 0 Å². The number of rotatable bonds is 4. The molecule has 0 aliphatic rings. The van der Waals surface area contributed by atoms with Gasteiger partial charge in [0.1, 0.15) is 5.60 Å². The summed E-state index contributed by atoms with van der Waals surface area (Å²) < 4.78 is 5.24. The number of carbonyl (C=O) groups is 1. The van der Waals surface area contributed by atoms with Gasteiger partial charge in [0.05, 0.1) is 0 Å². The molecule has 0 spiro atoms. The second kappa shape index (κ2) is 6.06. The molecule has 0 saturated carbocycles. The largest absolute Gasteiger partial charge is 0.460 e. The third kappa shape index (κ3) is 5.73. The molecule has 0 amide bonds. The molecule has 0 saturated heterocycles. The van der Waals surface area contributed by atoms with Crippen LogP contribution in [0.25, 0.3) is 0 Å². The summed E-state index contributed by atoms with van der Waals surface area (Å²) in [7, 11) is 0. The minimum Gasteiger partial charge on any atom is -0.460 e. The molecule has 1 aromatic rings. The van der Waals surface area contributed by atoms with Crippen molar-refractivity contribution in [3.05, 3.63) is 35.4 Å². The fourth-order valence-electron chi connectivity index (χ4n) is 1.43. The van der Waals surface area contributed by atoms with Crippen LogP contribution in [0.2, 0.25) is 0 Å². The standard InChI is InChI=1S/C14H19ClO2/c1-14(2,3)17-13(16)9-8-11-4-6-12(10-15)7-5-11/h4-7H,8-10H2,1-3H3. The van der Waals surface area contributed by atoms with Crippen LogP contribution in [0.15, 0.2) is 24.3 Å². The van der Waals surface area contributed by atoms with Crippen LogP contribution in [0, 0.1) is 0 Å². The average molecular weight is 255 g/mol.